The number of pyridine rings is 1. The summed E-state index contributed by atoms with van der Waals surface area (Å²) in [5, 5.41) is 0.901. The second-order valence-corrected chi connectivity index (χ2v) is 5.49. The molecule has 5 heteroatoms. The van der Waals surface area contributed by atoms with Crippen LogP contribution in [0.15, 0.2) is 53.3 Å². The van der Waals surface area contributed by atoms with Crippen molar-refractivity contribution in [1.29, 1.82) is 0 Å². The number of carbonyl (C=O) groups excluding carboxylic acids is 1. The number of aromatic nitrogens is 1. The fraction of sp³-hybridized carbons (Fsp3) is 0.158. The fourth-order valence-corrected chi connectivity index (χ4v) is 2.51. The van der Waals surface area contributed by atoms with Gasteiger partial charge < -0.3 is 14.5 Å². The maximum Gasteiger partial charge on any atom is 0.342 e. The van der Waals surface area contributed by atoms with Crippen molar-refractivity contribution in [3.63, 3.8) is 0 Å². The highest BCUT2D eigenvalue weighted by Crippen LogP contribution is 2.19. The minimum Gasteiger partial charge on any atom is -0.496 e. The van der Waals surface area contributed by atoms with Gasteiger partial charge in [0.05, 0.1) is 12.7 Å². The Morgan fingerprint density at radius 2 is 1.92 bits per heavy atom. The number of ether oxygens (including phenoxy) is 2. The zero-order chi connectivity index (χ0) is 17.1. The maximum atomic E-state index is 12.2. The highest BCUT2D eigenvalue weighted by molar-refractivity contribution is 5.92. The number of aryl methyl sites for hydroxylation is 1. The summed E-state index contributed by atoms with van der Waals surface area (Å²) in [5.41, 5.74) is 2.31. The third-order valence-corrected chi connectivity index (χ3v) is 3.76. The van der Waals surface area contributed by atoms with Crippen molar-refractivity contribution < 1.29 is 14.3 Å². The second kappa shape index (κ2) is 6.58. The van der Waals surface area contributed by atoms with E-state index in [2.05, 4.69) is 4.98 Å². The van der Waals surface area contributed by atoms with Crippen LogP contribution in [0.5, 0.6) is 5.75 Å². The quantitative estimate of drug-likeness (QED) is 0.749. The van der Waals surface area contributed by atoms with E-state index >= 15 is 0 Å². The fourth-order valence-electron chi connectivity index (χ4n) is 2.51. The highest BCUT2D eigenvalue weighted by atomic mass is 16.5. The molecule has 0 atom stereocenters. The summed E-state index contributed by atoms with van der Waals surface area (Å²) in [5.74, 6) is -0.0956. The minimum absolute atomic E-state index is 0.101. The first-order valence-electron chi connectivity index (χ1n) is 7.51. The van der Waals surface area contributed by atoms with Crippen molar-refractivity contribution in [2.45, 2.75) is 13.5 Å². The molecule has 3 aromatic rings. The van der Waals surface area contributed by atoms with Gasteiger partial charge in [-0.15, -0.1) is 0 Å². The van der Waals surface area contributed by atoms with Crippen molar-refractivity contribution in [2.24, 2.45) is 0 Å². The first-order chi connectivity index (χ1) is 11.6. The smallest absolute Gasteiger partial charge is 0.342 e. The Morgan fingerprint density at radius 3 is 2.71 bits per heavy atom. The first kappa shape index (κ1) is 15.8. The van der Waals surface area contributed by atoms with Crippen molar-refractivity contribution in [1.82, 2.24) is 4.98 Å². The van der Waals surface area contributed by atoms with E-state index < -0.39 is 5.97 Å². The summed E-state index contributed by atoms with van der Waals surface area (Å²) >= 11 is 0. The second-order valence-electron chi connectivity index (χ2n) is 5.49. The van der Waals surface area contributed by atoms with Gasteiger partial charge in [0.1, 0.15) is 17.9 Å². The molecule has 2 aromatic carbocycles. The van der Waals surface area contributed by atoms with Crippen LogP contribution in [-0.2, 0) is 11.3 Å². The van der Waals surface area contributed by atoms with Crippen LogP contribution in [0, 0.1) is 6.92 Å². The summed E-state index contributed by atoms with van der Waals surface area (Å²) in [6.45, 7) is 1.88. The van der Waals surface area contributed by atoms with E-state index in [1.807, 2.05) is 25.1 Å². The number of H-pyrrole nitrogens is 1. The number of benzene rings is 2. The number of carbonyl (C=O) groups is 1. The lowest BCUT2D eigenvalue weighted by Crippen LogP contribution is -2.16. The maximum absolute atomic E-state index is 12.2. The molecule has 3 rings (SSSR count). The molecule has 0 saturated heterocycles. The third kappa shape index (κ3) is 3.15. The van der Waals surface area contributed by atoms with E-state index in [0.29, 0.717) is 16.9 Å². The van der Waals surface area contributed by atoms with E-state index in [-0.39, 0.29) is 12.2 Å². The molecular formula is C19H17NO4. The molecule has 0 aliphatic carbocycles. The van der Waals surface area contributed by atoms with Crippen molar-refractivity contribution in [2.75, 3.05) is 7.11 Å². The van der Waals surface area contributed by atoms with E-state index in [4.69, 9.17) is 9.47 Å². The highest BCUT2D eigenvalue weighted by Gasteiger charge is 2.14. The number of hydrogen-bond acceptors (Lipinski definition) is 4. The van der Waals surface area contributed by atoms with Crippen LogP contribution in [0.4, 0.5) is 0 Å². The number of hydrogen-bond donors (Lipinski definition) is 1. The molecule has 1 heterocycles. The minimum atomic E-state index is -0.531. The van der Waals surface area contributed by atoms with Crippen LogP contribution < -0.4 is 10.3 Å². The average Bonchev–Trinajstić information content (AvgIpc) is 2.60. The number of methoxy groups -OCH3 is 1. The van der Waals surface area contributed by atoms with Crippen molar-refractivity contribution >= 4 is 16.9 Å². The number of para-hydroxylation sites is 1. The van der Waals surface area contributed by atoms with Gasteiger partial charge in [-0.3, -0.25) is 4.79 Å². The number of nitrogens with one attached hydrogen (secondary N) is 1. The lowest BCUT2D eigenvalue weighted by molar-refractivity contribution is 0.0468. The molecule has 0 amide bonds. The van der Waals surface area contributed by atoms with Crippen LogP contribution in [0.1, 0.15) is 21.5 Å². The van der Waals surface area contributed by atoms with Gasteiger partial charge in [-0.25, -0.2) is 4.79 Å². The summed E-state index contributed by atoms with van der Waals surface area (Å²) in [6.07, 6.45) is 0. The predicted octanol–water partition coefficient (Wildman–Crippen LogP) is 3.20. The van der Waals surface area contributed by atoms with Gasteiger partial charge in [0.25, 0.3) is 5.56 Å². The molecule has 1 aromatic heterocycles. The standard InChI is InChI=1S/C19H17NO4/c1-12-7-8-16-13(9-12)10-14(18(21)20-16)11-24-19(22)15-5-3-4-6-17(15)23-2/h3-10H,11H2,1-2H3,(H,20,21). The Morgan fingerprint density at radius 1 is 1.12 bits per heavy atom. The van der Waals surface area contributed by atoms with Gasteiger partial charge in [0.15, 0.2) is 0 Å². The third-order valence-electron chi connectivity index (χ3n) is 3.76. The molecular weight excluding hydrogens is 306 g/mol. The lowest BCUT2D eigenvalue weighted by atomic mass is 10.1. The molecule has 5 nitrogen and oxygen atoms in total. The Kier molecular flexibility index (Phi) is 4.33. The molecule has 0 radical (unpaired) electrons. The molecule has 1 N–H and O–H groups in total. The van der Waals surface area contributed by atoms with Gasteiger partial charge in [0, 0.05) is 5.52 Å². The SMILES string of the molecule is COc1ccccc1C(=O)OCc1cc2cc(C)ccc2[nH]c1=O. The number of rotatable bonds is 4. The number of fused-ring (bicyclic) bond motifs is 1. The van der Waals surface area contributed by atoms with E-state index in [1.54, 1.807) is 30.3 Å². The molecule has 0 spiro atoms. The zero-order valence-electron chi connectivity index (χ0n) is 13.5. The lowest BCUT2D eigenvalue weighted by Gasteiger charge is -2.09. The predicted molar refractivity (Wildman–Crippen MR) is 91.4 cm³/mol. The molecule has 0 unspecified atom stereocenters. The van der Waals surface area contributed by atoms with E-state index in [1.165, 1.54) is 7.11 Å². The van der Waals surface area contributed by atoms with Crippen LogP contribution in [0.2, 0.25) is 0 Å². The zero-order valence-corrected chi connectivity index (χ0v) is 13.5. The van der Waals surface area contributed by atoms with Crippen LogP contribution in [-0.4, -0.2) is 18.1 Å². The van der Waals surface area contributed by atoms with Gasteiger partial charge in [-0.05, 0) is 42.6 Å². The van der Waals surface area contributed by atoms with Gasteiger partial charge in [-0.1, -0.05) is 23.8 Å². The summed E-state index contributed by atoms with van der Waals surface area (Å²) in [4.78, 5) is 27.1. The monoisotopic (exact) mass is 323 g/mol. The van der Waals surface area contributed by atoms with E-state index in [9.17, 15) is 9.59 Å². The molecule has 0 aliphatic heterocycles. The first-order valence-corrected chi connectivity index (χ1v) is 7.51. The number of aromatic amines is 1. The van der Waals surface area contributed by atoms with Crippen LogP contribution >= 0.6 is 0 Å². The molecule has 122 valence electrons. The largest absolute Gasteiger partial charge is 0.496 e. The van der Waals surface area contributed by atoms with Gasteiger partial charge in [0.2, 0.25) is 0 Å². The molecule has 0 saturated carbocycles. The number of esters is 1. The Bertz CT molecular complexity index is 959. The van der Waals surface area contributed by atoms with Crippen LogP contribution in [0.25, 0.3) is 10.9 Å². The van der Waals surface area contributed by atoms with E-state index in [0.717, 1.165) is 16.5 Å². The van der Waals surface area contributed by atoms with Crippen LogP contribution in [0.3, 0.4) is 0 Å². The normalized spacial score (nSPS) is 10.6. The van der Waals surface area contributed by atoms with Crippen molar-refractivity contribution in [3.8, 4) is 5.75 Å². The van der Waals surface area contributed by atoms with Gasteiger partial charge >= 0.3 is 5.97 Å². The average molecular weight is 323 g/mol. The summed E-state index contributed by atoms with van der Waals surface area (Å²) in [7, 11) is 1.49. The molecule has 0 fully saturated rings. The topological polar surface area (TPSA) is 68.4 Å². The summed E-state index contributed by atoms with van der Waals surface area (Å²) in [6, 6.07) is 14.3. The Hall–Kier alpha value is -3.08. The Labute approximate surface area is 138 Å². The molecule has 0 bridgehead atoms. The summed E-state index contributed by atoms with van der Waals surface area (Å²) < 4.78 is 10.4. The van der Waals surface area contributed by atoms with Gasteiger partial charge in [-0.2, -0.15) is 0 Å². The Balaban J connectivity index is 1.84. The van der Waals surface area contributed by atoms with Crippen molar-refractivity contribution in [3.05, 3.63) is 75.6 Å². The molecule has 0 aliphatic rings. The molecule has 24 heavy (non-hydrogen) atoms.